The number of aromatic nitrogens is 1. The van der Waals surface area contributed by atoms with Crippen molar-refractivity contribution in [3.05, 3.63) is 40.6 Å². The molecule has 0 aliphatic carbocycles. The van der Waals surface area contributed by atoms with Crippen LogP contribution in [0.5, 0.6) is 0 Å². The summed E-state index contributed by atoms with van der Waals surface area (Å²) in [5, 5.41) is 4.67. The minimum absolute atomic E-state index is 0.0380. The van der Waals surface area contributed by atoms with Gasteiger partial charge in [0.25, 0.3) is 5.91 Å². The van der Waals surface area contributed by atoms with Crippen LogP contribution in [0.25, 0.3) is 11.3 Å². The summed E-state index contributed by atoms with van der Waals surface area (Å²) in [4.78, 5) is 17.5. The first-order valence-electron chi connectivity index (χ1n) is 8.66. The molecule has 0 radical (unpaired) electrons. The molecular weight excluding hydrogens is 338 g/mol. The average molecular weight is 362 g/mol. The predicted octanol–water partition coefficient (Wildman–Crippen LogP) is 3.86. The van der Waals surface area contributed by atoms with E-state index in [9.17, 15) is 4.79 Å². The second kappa shape index (κ2) is 7.18. The maximum atomic E-state index is 13.2. The minimum atomic E-state index is -0.0380. The number of hydrogen-bond acceptors (Lipinski definition) is 4. The molecule has 2 aromatic rings. The number of hydrogen-bond donors (Lipinski definition) is 0. The highest BCUT2D eigenvalue weighted by molar-refractivity contribution is 6.33. The van der Waals surface area contributed by atoms with Crippen molar-refractivity contribution in [1.29, 1.82) is 0 Å². The topological polar surface area (TPSA) is 49.6 Å². The molecule has 0 unspecified atom stereocenters. The monoisotopic (exact) mass is 361 g/mol. The summed E-state index contributed by atoms with van der Waals surface area (Å²) in [5.41, 5.74) is 1.75. The molecule has 25 heavy (non-hydrogen) atoms. The number of piperazine rings is 1. The highest BCUT2D eigenvalue weighted by Gasteiger charge is 2.32. The molecule has 0 bridgehead atoms. The van der Waals surface area contributed by atoms with Crippen molar-refractivity contribution < 1.29 is 9.32 Å². The van der Waals surface area contributed by atoms with E-state index in [-0.39, 0.29) is 5.91 Å². The molecule has 0 N–H and O–H groups in total. The summed E-state index contributed by atoms with van der Waals surface area (Å²) in [6.45, 7) is 10.6. The predicted molar refractivity (Wildman–Crippen MR) is 98.9 cm³/mol. The fraction of sp³-hybridized carbons (Fsp3) is 0.474. The number of aryl methyl sites for hydroxylation is 1. The number of carbonyl (C=O) groups is 1. The second-order valence-corrected chi connectivity index (χ2v) is 7.28. The number of benzene rings is 1. The van der Waals surface area contributed by atoms with Crippen molar-refractivity contribution in [1.82, 2.24) is 15.0 Å². The van der Waals surface area contributed by atoms with Crippen molar-refractivity contribution in [2.45, 2.75) is 39.8 Å². The fourth-order valence-electron chi connectivity index (χ4n) is 3.54. The summed E-state index contributed by atoms with van der Waals surface area (Å²) in [5.74, 6) is 0.489. The molecule has 0 spiro atoms. The van der Waals surface area contributed by atoms with Crippen molar-refractivity contribution in [2.24, 2.45) is 0 Å². The van der Waals surface area contributed by atoms with Gasteiger partial charge >= 0.3 is 0 Å². The molecular formula is C19H24ClN3O2. The normalized spacial score (nSPS) is 18.8. The second-order valence-electron chi connectivity index (χ2n) is 6.87. The molecule has 2 heterocycles. The average Bonchev–Trinajstić information content (AvgIpc) is 2.95. The van der Waals surface area contributed by atoms with Crippen LogP contribution in [-0.4, -0.2) is 52.6 Å². The van der Waals surface area contributed by atoms with E-state index >= 15 is 0 Å². The van der Waals surface area contributed by atoms with Gasteiger partial charge in [-0.15, -0.1) is 0 Å². The number of halogens is 1. The molecule has 1 aliphatic heterocycles. The van der Waals surface area contributed by atoms with Crippen LogP contribution in [-0.2, 0) is 0 Å². The molecule has 1 aromatic heterocycles. The van der Waals surface area contributed by atoms with E-state index in [0.29, 0.717) is 47.2 Å². The van der Waals surface area contributed by atoms with Gasteiger partial charge in [0.15, 0.2) is 0 Å². The third-order valence-electron chi connectivity index (χ3n) is 4.83. The zero-order valence-electron chi connectivity index (χ0n) is 15.1. The molecule has 1 atom stereocenters. The van der Waals surface area contributed by atoms with Gasteiger partial charge in [0.05, 0.1) is 5.02 Å². The fourth-order valence-corrected chi connectivity index (χ4v) is 3.77. The van der Waals surface area contributed by atoms with Crippen LogP contribution >= 0.6 is 11.6 Å². The summed E-state index contributed by atoms with van der Waals surface area (Å²) in [7, 11) is 0. The van der Waals surface area contributed by atoms with Crippen LogP contribution in [0.15, 0.2) is 28.8 Å². The van der Waals surface area contributed by atoms with Gasteiger partial charge in [-0.05, 0) is 33.8 Å². The lowest BCUT2D eigenvalue weighted by atomic mass is 10.0. The Kier molecular flexibility index (Phi) is 5.16. The number of amides is 1. The zero-order chi connectivity index (χ0) is 18.1. The third kappa shape index (κ3) is 3.44. The quantitative estimate of drug-likeness (QED) is 0.833. The first-order chi connectivity index (χ1) is 11.9. The van der Waals surface area contributed by atoms with Gasteiger partial charge in [-0.25, -0.2) is 0 Å². The zero-order valence-corrected chi connectivity index (χ0v) is 15.9. The maximum Gasteiger partial charge on any atom is 0.259 e. The van der Waals surface area contributed by atoms with Crippen LogP contribution in [0.1, 0.15) is 36.9 Å². The SMILES string of the molecule is Cc1onc(-c2ccccc2Cl)c1C(=O)N1CCN(C(C)C)[C@@H](C)C1. The molecule has 3 rings (SSSR count). The highest BCUT2D eigenvalue weighted by Crippen LogP contribution is 2.32. The van der Waals surface area contributed by atoms with E-state index in [0.717, 1.165) is 12.1 Å². The smallest absolute Gasteiger partial charge is 0.259 e. The summed E-state index contributed by atoms with van der Waals surface area (Å²) >= 11 is 6.29. The van der Waals surface area contributed by atoms with E-state index in [4.69, 9.17) is 16.1 Å². The van der Waals surface area contributed by atoms with Gasteiger partial charge < -0.3 is 9.42 Å². The molecule has 0 saturated carbocycles. The Morgan fingerprint density at radius 1 is 1.32 bits per heavy atom. The summed E-state index contributed by atoms with van der Waals surface area (Å²) in [6, 6.07) is 8.18. The van der Waals surface area contributed by atoms with Crippen LogP contribution in [0.3, 0.4) is 0 Å². The van der Waals surface area contributed by atoms with E-state index in [1.807, 2.05) is 23.1 Å². The summed E-state index contributed by atoms with van der Waals surface area (Å²) in [6.07, 6.45) is 0. The number of nitrogens with zero attached hydrogens (tertiary/aromatic N) is 3. The Labute approximate surface area is 153 Å². The van der Waals surface area contributed by atoms with Crippen LogP contribution in [0.2, 0.25) is 5.02 Å². The van der Waals surface area contributed by atoms with E-state index in [1.54, 1.807) is 13.0 Å². The lowest BCUT2D eigenvalue weighted by Crippen LogP contribution is -2.55. The maximum absolute atomic E-state index is 13.2. The van der Waals surface area contributed by atoms with Crippen molar-refractivity contribution in [2.75, 3.05) is 19.6 Å². The molecule has 1 aliphatic rings. The van der Waals surface area contributed by atoms with Crippen LogP contribution in [0, 0.1) is 6.92 Å². The highest BCUT2D eigenvalue weighted by atomic mass is 35.5. The lowest BCUT2D eigenvalue weighted by Gasteiger charge is -2.42. The number of carbonyl (C=O) groups excluding carboxylic acids is 1. The molecule has 1 saturated heterocycles. The van der Waals surface area contributed by atoms with Gasteiger partial charge in [-0.1, -0.05) is 35.0 Å². The molecule has 1 amide bonds. The van der Waals surface area contributed by atoms with E-state index in [1.165, 1.54) is 0 Å². The van der Waals surface area contributed by atoms with E-state index < -0.39 is 0 Å². The van der Waals surface area contributed by atoms with Gasteiger partial charge in [-0.3, -0.25) is 9.69 Å². The molecule has 5 nitrogen and oxygen atoms in total. The van der Waals surface area contributed by atoms with E-state index in [2.05, 4.69) is 30.8 Å². The minimum Gasteiger partial charge on any atom is -0.360 e. The Morgan fingerprint density at radius 3 is 2.68 bits per heavy atom. The van der Waals surface area contributed by atoms with Crippen molar-refractivity contribution >= 4 is 17.5 Å². The Morgan fingerprint density at radius 2 is 2.04 bits per heavy atom. The molecule has 6 heteroatoms. The van der Waals surface area contributed by atoms with Crippen molar-refractivity contribution in [3.8, 4) is 11.3 Å². The molecule has 1 aromatic carbocycles. The Hall–Kier alpha value is -1.85. The van der Waals surface area contributed by atoms with Crippen LogP contribution < -0.4 is 0 Å². The standard InChI is InChI=1S/C19H24ClN3O2/c1-12(2)23-10-9-22(11-13(23)3)19(24)17-14(4)25-21-18(17)15-7-5-6-8-16(15)20/h5-8,12-13H,9-11H2,1-4H3/t13-/m0/s1. The Bertz CT molecular complexity index is 772. The van der Waals surface area contributed by atoms with Gasteiger partial charge in [0, 0.05) is 37.3 Å². The summed E-state index contributed by atoms with van der Waals surface area (Å²) < 4.78 is 5.34. The lowest BCUT2D eigenvalue weighted by molar-refractivity contribution is 0.0425. The largest absolute Gasteiger partial charge is 0.360 e. The molecule has 134 valence electrons. The molecule has 1 fully saturated rings. The number of rotatable bonds is 3. The Balaban J connectivity index is 1.89. The van der Waals surface area contributed by atoms with Gasteiger partial charge in [0.1, 0.15) is 17.0 Å². The third-order valence-corrected chi connectivity index (χ3v) is 5.16. The van der Waals surface area contributed by atoms with Gasteiger partial charge in [-0.2, -0.15) is 0 Å². The first kappa shape index (κ1) is 18.0. The van der Waals surface area contributed by atoms with Gasteiger partial charge in [0.2, 0.25) is 0 Å². The first-order valence-corrected chi connectivity index (χ1v) is 9.04. The van der Waals surface area contributed by atoms with Crippen LogP contribution in [0.4, 0.5) is 0 Å². The van der Waals surface area contributed by atoms with Crippen molar-refractivity contribution in [3.63, 3.8) is 0 Å².